The van der Waals surface area contributed by atoms with Gasteiger partial charge in [0.1, 0.15) is 13.1 Å². The van der Waals surface area contributed by atoms with E-state index in [1.54, 1.807) is 6.92 Å². The van der Waals surface area contributed by atoms with Gasteiger partial charge in [0.05, 0.1) is 19.6 Å². The fourth-order valence-electron chi connectivity index (χ4n) is 3.04. The number of carbonyl (C=O) groups is 1. The minimum Gasteiger partial charge on any atom is -0.351 e. The van der Waals surface area contributed by atoms with Gasteiger partial charge in [0, 0.05) is 13.0 Å². The van der Waals surface area contributed by atoms with Crippen LogP contribution in [0.25, 0.3) is 0 Å². The number of hydrogen-bond acceptors (Lipinski definition) is 2. The molecule has 0 spiro atoms. The topological polar surface area (TPSA) is 41.5 Å². The molecule has 0 saturated carbocycles. The summed E-state index contributed by atoms with van der Waals surface area (Å²) in [7, 11) is 0. The van der Waals surface area contributed by atoms with Crippen LogP contribution in [-0.4, -0.2) is 48.9 Å². The highest BCUT2D eigenvalue weighted by Gasteiger charge is 2.34. The van der Waals surface area contributed by atoms with Gasteiger partial charge in [-0.3, -0.25) is 9.28 Å². The van der Waals surface area contributed by atoms with Crippen molar-refractivity contribution in [3.8, 4) is 0 Å². The second-order valence-corrected chi connectivity index (χ2v) is 6.24. The average Bonchev–Trinajstić information content (AvgIpc) is 2.89. The summed E-state index contributed by atoms with van der Waals surface area (Å²) in [5.74, 6) is 1.25. The van der Waals surface area contributed by atoms with Crippen LogP contribution in [0.1, 0.15) is 59.3 Å². The fourth-order valence-corrected chi connectivity index (χ4v) is 3.04. The summed E-state index contributed by atoms with van der Waals surface area (Å²) in [6, 6.07) is 0. The van der Waals surface area contributed by atoms with E-state index in [1.165, 1.54) is 37.9 Å². The number of nitrogens with one attached hydrogen (secondary N) is 1. The summed E-state index contributed by atoms with van der Waals surface area (Å²) in [5.41, 5.74) is 0. The van der Waals surface area contributed by atoms with Crippen molar-refractivity contribution in [2.75, 3.05) is 32.7 Å². The molecule has 1 rings (SSSR count). The van der Waals surface area contributed by atoms with Crippen molar-refractivity contribution in [1.82, 2.24) is 5.32 Å². The molecule has 1 amide bonds. The molecular formula is C18H34N3O+. The van der Waals surface area contributed by atoms with E-state index in [2.05, 4.69) is 31.3 Å². The molecule has 1 N–H and O–H groups in total. The number of hydrogen-bond donors (Lipinski definition) is 1. The first-order valence-electron chi connectivity index (χ1n) is 8.96. The third-order valence-electron chi connectivity index (χ3n) is 4.55. The van der Waals surface area contributed by atoms with Crippen molar-refractivity contribution in [1.29, 1.82) is 0 Å². The first kappa shape index (κ1) is 18.9. The summed E-state index contributed by atoms with van der Waals surface area (Å²) in [5, 5.41) is 2.91. The zero-order valence-electron chi connectivity index (χ0n) is 14.7. The van der Waals surface area contributed by atoms with Crippen LogP contribution in [0.15, 0.2) is 17.1 Å². The van der Waals surface area contributed by atoms with E-state index in [1.807, 2.05) is 0 Å². The number of nitrogens with zero attached hydrogens (tertiary/aromatic N) is 2. The molecule has 1 unspecified atom stereocenters. The predicted molar refractivity (Wildman–Crippen MR) is 94.0 cm³/mol. The van der Waals surface area contributed by atoms with Gasteiger partial charge in [0.2, 0.25) is 11.7 Å². The summed E-state index contributed by atoms with van der Waals surface area (Å²) >= 11 is 0. The number of amides is 1. The molecular weight excluding hydrogens is 274 g/mol. The zero-order valence-corrected chi connectivity index (χ0v) is 14.7. The van der Waals surface area contributed by atoms with E-state index in [4.69, 9.17) is 4.99 Å². The monoisotopic (exact) mass is 308 g/mol. The summed E-state index contributed by atoms with van der Waals surface area (Å²) in [4.78, 5) is 15.7. The maximum absolute atomic E-state index is 11.0. The lowest BCUT2D eigenvalue weighted by atomic mass is 10.1. The Balaban J connectivity index is 2.40. The Kier molecular flexibility index (Phi) is 9.05. The van der Waals surface area contributed by atoms with Crippen LogP contribution >= 0.6 is 0 Å². The summed E-state index contributed by atoms with van der Waals surface area (Å²) < 4.78 is 0.909. The largest absolute Gasteiger partial charge is 0.351 e. The molecule has 0 aliphatic carbocycles. The van der Waals surface area contributed by atoms with E-state index in [-0.39, 0.29) is 5.91 Å². The Labute approximate surface area is 136 Å². The molecule has 0 fully saturated rings. The zero-order chi connectivity index (χ0) is 16.3. The molecule has 4 heteroatoms. The van der Waals surface area contributed by atoms with E-state index < -0.39 is 0 Å². The molecule has 1 aliphatic heterocycles. The molecule has 0 aromatic rings. The molecule has 22 heavy (non-hydrogen) atoms. The number of rotatable bonds is 11. The minimum atomic E-state index is 0.0505. The highest BCUT2D eigenvalue weighted by molar-refractivity contribution is 5.88. The van der Waals surface area contributed by atoms with Crippen LogP contribution < -0.4 is 5.32 Å². The summed E-state index contributed by atoms with van der Waals surface area (Å²) in [6.07, 6.45) is 12.3. The van der Waals surface area contributed by atoms with Crippen molar-refractivity contribution in [2.24, 2.45) is 4.99 Å². The van der Waals surface area contributed by atoms with E-state index >= 15 is 0 Å². The molecule has 1 heterocycles. The van der Waals surface area contributed by atoms with E-state index in [9.17, 15) is 4.79 Å². The Hall–Kier alpha value is -1.16. The number of unbranched alkanes of at least 4 members (excludes halogenated alkanes) is 5. The van der Waals surface area contributed by atoms with Crippen molar-refractivity contribution >= 4 is 11.7 Å². The SMILES string of the molecule is CCCCCCC/C=C/C1=NCC[N+]1(CC)CCNC(C)=O. The van der Waals surface area contributed by atoms with Gasteiger partial charge in [0.25, 0.3) is 0 Å². The summed E-state index contributed by atoms with van der Waals surface area (Å²) in [6.45, 7) is 10.7. The first-order chi connectivity index (χ1) is 10.6. The molecule has 4 nitrogen and oxygen atoms in total. The molecule has 1 atom stereocenters. The number of carbonyl (C=O) groups excluding carboxylic acids is 1. The highest BCUT2D eigenvalue weighted by atomic mass is 16.1. The van der Waals surface area contributed by atoms with Crippen molar-refractivity contribution in [3.05, 3.63) is 12.2 Å². The first-order valence-corrected chi connectivity index (χ1v) is 8.96. The predicted octanol–water partition coefficient (Wildman–Crippen LogP) is 3.29. The van der Waals surface area contributed by atoms with E-state index in [0.29, 0.717) is 0 Å². The van der Waals surface area contributed by atoms with Gasteiger partial charge in [-0.15, -0.1) is 0 Å². The van der Waals surface area contributed by atoms with E-state index in [0.717, 1.165) is 43.6 Å². The Bertz CT molecular complexity index is 390. The van der Waals surface area contributed by atoms with Crippen LogP contribution in [0, 0.1) is 0 Å². The van der Waals surface area contributed by atoms with Crippen LogP contribution in [0.3, 0.4) is 0 Å². The second-order valence-electron chi connectivity index (χ2n) is 6.24. The third kappa shape index (κ3) is 6.30. The van der Waals surface area contributed by atoms with Crippen molar-refractivity contribution < 1.29 is 9.28 Å². The average molecular weight is 308 g/mol. The van der Waals surface area contributed by atoms with Crippen molar-refractivity contribution in [2.45, 2.75) is 59.3 Å². The smallest absolute Gasteiger partial charge is 0.222 e. The van der Waals surface area contributed by atoms with Crippen LogP contribution in [0.5, 0.6) is 0 Å². The number of likely N-dealkylation sites (N-methyl/N-ethyl adjacent to an activating group) is 1. The molecule has 126 valence electrons. The fraction of sp³-hybridized carbons (Fsp3) is 0.778. The van der Waals surface area contributed by atoms with Gasteiger partial charge >= 0.3 is 0 Å². The number of amidine groups is 1. The normalized spacial score (nSPS) is 21.3. The van der Waals surface area contributed by atoms with Crippen LogP contribution in [0.2, 0.25) is 0 Å². The lowest BCUT2D eigenvalue weighted by Crippen LogP contribution is -2.53. The standard InChI is InChI=1S/C18H33N3O/c1-4-6-7-8-9-10-11-12-18-20-14-16-21(18,5-2)15-13-19-17(3)22/h11-12H,4-10,13-16H2,1-3H3/p+1/b12-11+. The Morgan fingerprint density at radius 2 is 2.05 bits per heavy atom. The van der Waals surface area contributed by atoms with Crippen molar-refractivity contribution in [3.63, 3.8) is 0 Å². The highest BCUT2D eigenvalue weighted by Crippen LogP contribution is 2.16. The van der Waals surface area contributed by atoms with Gasteiger partial charge < -0.3 is 5.32 Å². The molecule has 0 radical (unpaired) electrons. The third-order valence-corrected chi connectivity index (χ3v) is 4.55. The van der Waals surface area contributed by atoms with Gasteiger partial charge in [-0.25, -0.2) is 4.99 Å². The quantitative estimate of drug-likeness (QED) is 0.462. The number of quaternary nitrogens is 1. The minimum absolute atomic E-state index is 0.0505. The molecule has 0 aromatic carbocycles. The number of allylic oxidation sites excluding steroid dienone is 1. The second kappa shape index (κ2) is 10.5. The van der Waals surface area contributed by atoms with Gasteiger partial charge in [-0.05, 0) is 19.8 Å². The number of aliphatic imine (C=N–C) groups is 1. The Morgan fingerprint density at radius 3 is 2.73 bits per heavy atom. The maximum atomic E-state index is 11.0. The van der Waals surface area contributed by atoms with Crippen LogP contribution in [-0.2, 0) is 4.79 Å². The lowest BCUT2D eigenvalue weighted by Gasteiger charge is -2.32. The molecule has 0 bridgehead atoms. The molecule has 1 aliphatic rings. The maximum Gasteiger partial charge on any atom is 0.222 e. The van der Waals surface area contributed by atoms with Gasteiger partial charge in [-0.2, -0.15) is 0 Å². The molecule has 0 aromatic heterocycles. The lowest BCUT2D eigenvalue weighted by molar-refractivity contribution is -0.830. The van der Waals surface area contributed by atoms with Gasteiger partial charge in [0.15, 0.2) is 0 Å². The van der Waals surface area contributed by atoms with Crippen LogP contribution in [0.4, 0.5) is 0 Å². The Morgan fingerprint density at radius 1 is 1.27 bits per heavy atom. The molecule has 0 saturated heterocycles. The van der Waals surface area contributed by atoms with Gasteiger partial charge in [-0.1, -0.05) is 38.7 Å².